The molecule has 0 saturated carbocycles. The van der Waals surface area contributed by atoms with E-state index < -0.39 is 12.1 Å². The normalized spacial score (nSPS) is 13.5. The molecule has 0 aliphatic carbocycles. The molecule has 0 aliphatic rings. The molecule has 1 aromatic heterocycles. The van der Waals surface area contributed by atoms with Crippen LogP contribution in [-0.4, -0.2) is 22.2 Å². The van der Waals surface area contributed by atoms with Crippen LogP contribution in [0.15, 0.2) is 54.7 Å². The largest absolute Gasteiger partial charge is 0.457 e. The molecule has 4 heteroatoms. The van der Waals surface area contributed by atoms with Crippen molar-refractivity contribution in [2.75, 3.05) is 0 Å². The number of ether oxygens (including phenoxy) is 1. The van der Waals surface area contributed by atoms with Gasteiger partial charge in [0.1, 0.15) is 6.61 Å². The molecule has 20 heavy (non-hydrogen) atoms. The molecule has 0 saturated heterocycles. The molecule has 0 aliphatic heterocycles. The Labute approximate surface area is 118 Å². The van der Waals surface area contributed by atoms with E-state index in [1.54, 1.807) is 25.3 Å². The van der Waals surface area contributed by atoms with Crippen molar-refractivity contribution in [2.45, 2.75) is 25.6 Å². The third-order valence-corrected chi connectivity index (χ3v) is 3.13. The lowest BCUT2D eigenvalue weighted by Crippen LogP contribution is -2.28. The third kappa shape index (κ3) is 3.65. The zero-order chi connectivity index (χ0) is 14.4. The molecule has 0 amide bonds. The van der Waals surface area contributed by atoms with E-state index in [1.165, 1.54) is 0 Å². The molecular formula is C16H17NO3. The van der Waals surface area contributed by atoms with Crippen molar-refractivity contribution in [2.24, 2.45) is 0 Å². The molecule has 2 rings (SSSR count). The number of esters is 1. The van der Waals surface area contributed by atoms with Gasteiger partial charge in [0.05, 0.1) is 5.69 Å². The first-order chi connectivity index (χ1) is 9.68. The molecule has 2 unspecified atom stereocenters. The second kappa shape index (κ2) is 6.82. The molecule has 2 atom stereocenters. The van der Waals surface area contributed by atoms with Crippen LogP contribution in [0.5, 0.6) is 0 Å². The van der Waals surface area contributed by atoms with Gasteiger partial charge in [0.15, 0.2) is 6.10 Å². The average Bonchev–Trinajstić information content (AvgIpc) is 2.53. The Morgan fingerprint density at radius 3 is 2.55 bits per heavy atom. The number of carbonyl (C=O) groups excluding carboxylic acids is 1. The standard InChI is InChI=1S/C16H17NO3/c1-12(13-7-3-2-4-8-13)15(18)16(19)20-11-14-9-5-6-10-17-14/h2-10,12,15,18H,11H2,1H3. The zero-order valence-electron chi connectivity index (χ0n) is 11.3. The maximum atomic E-state index is 11.8. The second-order valence-corrected chi connectivity index (χ2v) is 4.57. The SMILES string of the molecule is CC(c1ccccc1)C(O)C(=O)OCc1ccccn1. The van der Waals surface area contributed by atoms with Gasteiger partial charge in [0, 0.05) is 12.1 Å². The van der Waals surface area contributed by atoms with Gasteiger partial charge in [-0.25, -0.2) is 4.79 Å². The zero-order valence-corrected chi connectivity index (χ0v) is 11.3. The number of hydrogen-bond acceptors (Lipinski definition) is 4. The number of hydrogen-bond donors (Lipinski definition) is 1. The number of carbonyl (C=O) groups is 1. The molecule has 2 aromatic rings. The Balaban J connectivity index is 1.92. The highest BCUT2D eigenvalue weighted by molar-refractivity contribution is 5.75. The van der Waals surface area contributed by atoms with Crippen LogP contribution in [-0.2, 0) is 16.1 Å². The molecule has 0 fully saturated rings. The van der Waals surface area contributed by atoms with Gasteiger partial charge >= 0.3 is 5.97 Å². The van der Waals surface area contributed by atoms with Gasteiger partial charge in [-0.1, -0.05) is 43.3 Å². The minimum Gasteiger partial charge on any atom is -0.457 e. The predicted octanol–water partition coefficient (Wildman–Crippen LogP) is 2.29. The molecule has 0 bridgehead atoms. The minimum atomic E-state index is -1.18. The molecule has 1 heterocycles. The van der Waals surface area contributed by atoms with Crippen molar-refractivity contribution in [1.29, 1.82) is 0 Å². The van der Waals surface area contributed by atoms with Gasteiger partial charge in [-0.15, -0.1) is 0 Å². The van der Waals surface area contributed by atoms with Gasteiger partial charge in [-0.3, -0.25) is 4.98 Å². The third-order valence-electron chi connectivity index (χ3n) is 3.13. The quantitative estimate of drug-likeness (QED) is 0.848. The Morgan fingerprint density at radius 2 is 1.90 bits per heavy atom. The fourth-order valence-corrected chi connectivity index (χ4v) is 1.86. The lowest BCUT2D eigenvalue weighted by Gasteiger charge is -2.17. The summed E-state index contributed by atoms with van der Waals surface area (Å²) >= 11 is 0. The average molecular weight is 271 g/mol. The van der Waals surface area contributed by atoms with Crippen molar-refractivity contribution >= 4 is 5.97 Å². The summed E-state index contributed by atoms with van der Waals surface area (Å²) in [5.74, 6) is -0.945. The summed E-state index contributed by atoms with van der Waals surface area (Å²) < 4.78 is 5.08. The van der Waals surface area contributed by atoms with Gasteiger partial charge in [0.25, 0.3) is 0 Å². The number of rotatable bonds is 5. The van der Waals surface area contributed by atoms with Crippen LogP contribution in [0.2, 0.25) is 0 Å². The number of aromatic nitrogens is 1. The summed E-state index contributed by atoms with van der Waals surface area (Å²) in [5, 5.41) is 10.0. The lowest BCUT2D eigenvalue weighted by atomic mass is 9.95. The van der Waals surface area contributed by atoms with Crippen molar-refractivity contribution in [3.8, 4) is 0 Å². The number of benzene rings is 1. The molecule has 1 N–H and O–H groups in total. The maximum Gasteiger partial charge on any atom is 0.335 e. The highest BCUT2D eigenvalue weighted by Crippen LogP contribution is 2.19. The van der Waals surface area contributed by atoms with E-state index in [-0.39, 0.29) is 12.5 Å². The molecule has 0 radical (unpaired) electrons. The summed E-state index contributed by atoms with van der Waals surface area (Å²) in [7, 11) is 0. The first-order valence-electron chi connectivity index (χ1n) is 6.48. The van der Waals surface area contributed by atoms with Crippen molar-refractivity contribution < 1.29 is 14.6 Å². The summed E-state index contributed by atoms with van der Waals surface area (Å²) in [6.45, 7) is 1.86. The molecular weight excluding hydrogens is 254 g/mol. The van der Waals surface area contributed by atoms with E-state index in [0.29, 0.717) is 5.69 Å². The van der Waals surface area contributed by atoms with E-state index in [9.17, 15) is 9.90 Å². The summed E-state index contributed by atoms with van der Waals surface area (Å²) in [4.78, 5) is 15.9. The number of aliphatic hydroxyl groups excluding tert-OH is 1. The topological polar surface area (TPSA) is 59.4 Å². The Hall–Kier alpha value is -2.20. The first kappa shape index (κ1) is 14.2. The summed E-state index contributed by atoms with van der Waals surface area (Å²) in [5.41, 5.74) is 1.55. The van der Waals surface area contributed by atoms with E-state index in [0.717, 1.165) is 5.56 Å². The smallest absolute Gasteiger partial charge is 0.335 e. The fraction of sp³-hybridized carbons (Fsp3) is 0.250. The second-order valence-electron chi connectivity index (χ2n) is 4.57. The monoisotopic (exact) mass is 271 g/mol. The highest BCUT2D eigenvalue weighted by Gasteiger charge is 2.25. The van der Waals surface area contributed by atoms with E-state index in [2.05, 4.69) is 4.98 Å². The molecule has 0 spiro atoms. The van der Waals surface area contributed by atoms with Crippen LogP contribution < -0.4 is 0 Å². The van der Waals surface area contributed by atoms with Gasteiger partial charge in [0.2, 0.25) is 0 Å². The lowest BCUT2D eigenvalue weighted by molar-refractivity contribution is -0.156. The summed E-state index contributed by atoms with van der Waals surface area (Å²) in [6.07, 6.45) is 0.452. The van der Waals surface area contributed by atoms with Crippen molar-refractivity contribution in [3.05, 3.63) is 66.0 Å². The van der Waals surface area contributed by atoms with Crippen LogP contribution in [0.25, 0.3) is 0 Å². The van der Waals surface area contributed by atoms with Crippen LogP contribution in [0.1, 0.15) is 24.1 Å². The van der Waals surface area contributed by atoms with Gasteiger partial charge in [-0.05, 0) is 17.7 Å². The van der Waals surface area contributed by atoms with Crippen LogP contribution in [0.3, 0.4) is 0 Å². The Bertz CT molecular complexity index is 542. The van der Waals surface area contributed by atoms with Crippen molar-refractivity contribution in [1.82, 2.24) is 4.98 Å². The Morgan fingerprint density at radius 1 is 1.20 bits per heavy atom. The fourth-order valence-electron chi connectivity index (χ4n) is 1.86. The Kier molecular flexibility index (Phi) is 4.85. The van der Waals surface area contributed by atoms with Crippen molar-refractivity contribution in [3.63, 3.8) is 0 Å². The van der Waals surface area contributed by atoms with Crippen LogP contribution in [0, 0.1) is 0 Å². The van der Waals surface area contributed by atoms with E-state index >= 15 is 0 Å². The van der Waals surface area contributed by atoms with Crippen LogP contribution >= 0.6 is 0 Å². The summed E-state index contributed by atoms with van der Waals surface area (Å²) in [6, 6.07) is 14.8. The number of aliphatic hydroxyl groups is 1. The minimum absolute atomic E-state index is 0.0677. The number of pyridine rings is 1. The van der Waals surface area contributed by atoms with Gasteiger partial charge < -0.3 is 9.84 Å². The van der Waals surface area contributed by atoms with Gasteiger partial charge in [-0.2, -0.15) is 0 Å². The molecule has 4 nitrogen and oxygen atoms in total. The van der Waals surface area contributed by atoms with E-state index in [4.69, 9.17) is 4.74 Å². The molecule has 1 aromatic carbocycles. The highest BCUT2D eigenvalue weighted by atomic mass is 16.5. The molecule has 104 valence electrons. The maximum absolute atomic E-state index is 11.8. The van der Waals surface area contributed by atoms with Crippen LogP contribution in [0.4, 0.5) is 0 Å². The number of nitrogens with zero attached hydrogens (tertiary/aromatic N) is 1. The predicted molar refractivity (Wildman–Crippen MR) is 74.9 cm³/mol. The van der Waals surface area contributed by atoms with E-state index in [1.807, 2.05) is 36.4 Å². The first-order valence-corrected chi connectivity index (χ1v) is 6.48.